The van der Waals surface area contributed by atoms with Gasteiger partial charge < -0.3 is 10.6 Å². The molecule has 0 aliphatic heterocycles. The Balaban J connectivity index is 1.87. The van der Waals surface area contributed by atoms with E-state index in [2.05, 4.69) is 10.6 Å². The Hall–Kier alpha value is -2.05. The lowest BCUT2D eigenvalue weighted by atomic mass is 10.1. The first-order chi connectivity index (χ1) is 10.8. The Morgan fingerprint density at radius 2 is 1.74 bits per heavy atom. The van der Waals surface area contributed by atoms with E-state index in [1.807, 2.05) is 0 Å². The third kappa shape index (κ3) is 6.30. The molecule has 5 nitrogen and oxygen atoms in total. The van der Waals surface area contributed by atoms with Crippen LogP contribution in [0.2, 0.25) is 5.02 Å². The molecule has 0 radical (unpaired) electrons. The number of sulfone groups is 1. The number of anilines is 1. The van der Waals surface area contributed by atoms with Crippen LogP contribution in [0.25, 0.3) is 0 Å². The number of rotatable bonds is 5. The van der Waals surface area contributed by atoms with E-state index in [-0.39, 0.29) is 11.8 Å². The van der Waals surface area contributed by atoms with Crippen molar-refractivity contribution in [2.45, 2.75) is 12.3 Å². The van der Waals surface area contributed by atoms with Gasteiger partial charge in [-0.25, -0.2) is 13.2 Å². The number of halogens is 1. The molecular weight excluding hydrogens is 336 g/mol. The summed E-state index contributed by atoms with van der Waals surface area (Å²) in [6.45, 7) is 0.339. The molecule has 122 valence electrons. The first kappa shape index (κ1) is 17.3. The lowest BCUT2D eigenvalue weighted by Gasteiger charge is -2.08. The van der Waals surface area contributed by atoms with Crippen molar-refractivity contribution in [3.05, 3.63) is 64.7 Å². The Morgan fingerprint density at radius 1 is 1.09 bits per heavy atom. The minimum atomic E-state index is -3.04. The molecule has 0 saturated heterocycles. The molecule has 0 unspecified atom stereocenters. The summed E-state index contributed by atoms with van der Waals surface area (Å²) < 4.78 is 22.4. The van der Waals surface area contributed by atoms with Crippen LogP contribution in [0.15, 0.2) is 48.5 Å². The van der Waals surface area contributed by atoms with Gasteiger partial charge in [-0.15, -0.1) is 0 Å². The van der Waals surface area contributed by atoms with Crippen LogP contribution in [0, 0.1) is 0 Å². The summed E-state index contributed by atoms with van der Waals surface area (Å²) >= 11 is 5.85. The number of hydrogen-bond acceptors (Lipinski definition) is 3. The Morgan fingerprint density at radius 3 is 2.35 bits per heavy atom. The van der Waals surface area contributed by atoms with Crippen molar-refractivity contribution in [2.75, 3.05) is 11.6 Å². The van der Waals surface area contributed by atoms with Crippen LogP contribution in [0.4, 0.5) is 10.5 Å². The molecule has 0 spiro atoms. The number of hydrogen-bond donors (Lipinski definition) is 2. The lowest BCUT2D eigenvalue weighted by Crippen LogP contribution is -2.28. The number of urea groups is 1. The van der Waals surface area contributed by atoms with Crippen LogP contribution in [-0.4, -0.2) is 20.7 Å². The molecule has 0 aromatic heterocycles. The van der Waals surface area contributed by atoms with Gasteiger partial charge in [0.25, 0.3) is 0 Å². The maximum atomic E-state index is 11.8. The van der Waals surface area contributed by atoms with Crippen LogP contribution >= 0.6 is 11.6 Å². The lowest BCUT2D eigenvalue weighted by molar-refractivity contribution is 0.251. The quantitative estimate of drug-likeness (QED) is 0.867. The van der Waals surface area contributed by atoms with Gasteiger partial charge >= 0.3 is 6.03 Å². The summed E-state index contributed by atoms with van der Waals surface area (Å²) in [6, 6.07) is 13.6. The van der Waals surface area contributed by atoms with E-state index in [4.69, 9.17) is 11.6 Å². The smallest absolute Gasteiger partial charge is 0.319 e. The van der Waals surface area contributed by atoms with Crippen LogP contribution in [0.3, 0.4) is 0 Å². The number of carbonyl (C=O) groups excluding carboxylic acids is 1. The molecular formula is C16H17ClN2O3S. The number of nitrogens with one attached hydrogen (secondary N) is 2. The third-order valence-corrected chi connectivity index (χ3v) is 4.08. The summed E-state index contributed by atoms with van der Waals surface area (Å²) in [5.41, 5.74) is 2.21. The molecule has 7 heteroatoms. The molecule has 23 heavy (non-hydrogen) atoms. The average Bonchev–Trinajstić information content (AvgIpc) is 2.45. The second-order valence-corrected chi connectivity index (χ2v) is 7.78. The minimum Gasteiger partial charge on any atom is -0.334 e. The first-order valence-corrected chi connectivity index (χ1v) is 9.32. The number of benzene rings is 2. The molecule has 0 aliphatic rings. The van der Waals surface area contributed by atoms with E-state index in [1.165, 1.54) is 6.26 Å². The molecule has 0 atom stereocenters. The second-order valence-electron chi connectivity index (χ2n) is 5.20. The van der Waals surface area contributed by atoms with Crippen LogP contribution in [0.5, 0.6) is 0 Å². The molecule has 0 bridgehead atoms. The predicted octanol–water partition coefficient (Wildman–Crippen LogP) is 3.21. The van der Waals surface area contributed by atoms with Crippen LogP contribution in [-0.2, 0) is 22.1 Å². The molecule has 0 fully saturated rings. The zero-order valence-corrected chi connectivity index (χ0v) is 14.1. The molecule has 0 saturated carbocycles. The highest BCUT2D eigenvalue weighted by Gasteiger charge is 2.05. The van der Waals surface area contributed by atoms with E-state index in [0.29, 0.717) is 17.3 Å². The molecule has 2 aromatic rings. The fraction of sp³-hybridized carbons (Fsp3) is 0.188. The monoisotopic (exact) mass is 352 g/mol. The molecule has 0 aliphatic carbocycles. The van der Waals surface area contributed by atoms with E-state index in [9.17, 15) is 13.2 Å². The van der Waals surface area contributed by atoms with Crippen molar-refractivity contribution in [3.8, 4) is 0 Å². The van der Waals surface area contributed by atoms with Gasteiger partial charge in [-0.05, 0) is 29.3 Å². The fourth-order valence-corrected chi connectivity index (χ4v) is 2.97. The van der Waals surface area contributed by atoms with Crippen molar-refractivity contribution in [3.63, 3.8) is 0 Å². The van der Waals surface area contributed by atoms with Gasteiger partial charge in [0.05, 0.1) is 5.75 Å². The molecule has 2 N–H and O–H groups in total. The standard InChI is InChI=1S/C16H17ClN2O3S/c1-23(21,22)11-13-7-5-12(6-8-13)10-18-16(20)19-15-4-2-3-14(17)9-15/h2-9H,10-11H2,1H3,(H2,18,19,20). The summed E-state index contributed by atoms with van der Waals surface area (Å²) in [5, 5.41) is 5.95. The van der Waals surface area contributed by atoms with Gasteiger partial charge in [0.15, 0.2) is 9.84 Å². The van der Waals surface area contributed by atoms with Crippen molar-refractivity contribution in [1.82, 2.24) is 5.32 Å². The molecule has 2 aromatic carbocycles. The first-order valence-electron chi connectivity index (χ1n) is 6.88. The SMILES string of the molecule is CS(=O)(=O)Cc1ccc(CNC(=O)Nc2cccc(Cl)c2)cc1. The van der Waals surface area contributed by atoms with E-state index in [0.717, 1.165) is 11.1 Å². The zero-order chi connectivity index (χ0) is 16.9. The van der Waals surface area contributed by atoms with Gasteiger partial charge in [-0.3, -0.25) is 0 Å². The van der Waals surface area contributed by atoms with Crippen molar-refractivity contribution in [2.24, 2.45) is 0 Å². The maximum absolute atomic E-state index is 11.8. The molecule has 0 heterocycles. The summed E-state index contributed by atoms with van der Waals surface area (Å²) in [7, 11) is -3.04. The summed E-state index contributed by atoms with van der Waals surface area (Å²) in [4.78, 5) is 11.8. The topological polar surface area (TPSA) is 75.3 Å². The summed E-state index contributed by atoms with van der Waals surface area (Å²) in [6.07, 6.45) is 1.20. The Labute approximate surface area is 140 Å². The molecule has 2 rings (SSSR count). The van der Waals surface area contributed by atoms with Gasteiger partial charge in [-0.1, -0.05) is 41.9 Å². The Kier molecular flexibility index (Phi) is 5.63. The van der Waals surface area contributed by atoms with Crippen LogP contribution < -0.4 is 10.6 Å². The van der Waals surface area contributed by atoms with Crippen LogP contribution in [0.1, 0.15) is 11.1 Å². The number of amides is 2. The van der Waals surface area contributed by atoms with E-state index in [1.54, 1.807) is 48.5 Å². The highest BCUT2D eigenvalue weighted by molar-refractivity contribution is 7.89. The third-order valence-electron chi connectivity index (χ3n) is 2.99. The van der Waals surface area contributed by atoms with Crippen molar-refractivity contribution < 1.29 is 13.2 Å². The second kappa shape index (κ2) is 7.48. The average molecular weight is 353 g/mol. The summed E-state index contributed by atoms with van der Waals surface area (Å²) in [5.74, 6) is 0.00988. The van der Waals surface area contributed by atoms with E-state index < -0.39 is 9.84 Å². The zero-order valence-electron chi connectivity index (χ0n) is 12.5. The van der Waals surface area contributed by atoms with Gasteiger partial charge in [0, 0.05) is 23.5 Å². The minimum absolute atomic E-state index is 0.00988. The Bertz CT molecular complexity index is 789. The van der Waals surface area contributed by atoms with E-state index >= 15 is 0 Å². The van der Waals surface area contributed by atoms with Crippen molar-refractivity contribution in [1.29, 1.82) is 0 Å². The number of carbonyl (C=O) groups is 1. The highest BCUT2D eigenvalue weighted by atomic mass is 35.5. The normalized spacial score (nSPS) is 11.0. The predicted molar refractivity (Wildman–Crippen MR) is 92.3 cm³/mol. The van der Waals surface area contributed by atoms with Gasteiger partial charge in [-0.2, -0.15) is 0 Å². The largest absolute Gasteiger partial charge is 0.334 e. The van der Waals surface area contributed by atoms with Crippen molar-refractivity contribution >= 4 is 33.2 Å². The van der Waals surface area contributed by atoms with Gasteiger partial charge in [0.2, 0.25) is 0 Å². The maximum Gasteiger partial charge on any atom is 0.319 e. The van der Waals surface area contributed by atoms with Gasteiger partial charge in [0.1, 0.15) is 0 Å². The fourth-order valence-electron chi connectivity index (χ4n) is 1.98. The highest BCUT2D eigenvalue weighted by Crippen LogP contribution is 2.14. The molecule has 2 amide bonds.